The maximum absolute atomic E-state index is 12.6. The zero-order valence-electron chi connectivity index (χ0n) is 15.7. The van der Waals surface area contributed by atoms with E-state index >= 15 is 0 Å². The summed E-state index contributed by atoms with van der Waals surface area (Å²) in [6.07, 6.45) is 0.820. The smallest absolute Gasteiger partial charge is 0.314 e. The van der Waals surface area contributed by atoms with Crippen LogP contribution in [-0.4, -0.2) is 25.6 Å². The molecule has 27 heavy (non-hydrogen) atoms. The van der Waals surface area contributed by atoms with Crippen LogP contribution in [-0.2, 0) is 14.3 Å². The number of carbonyl (C=O) groups excluding carboxylic acids is 2. The number of carbonyl (C=O) groups is 2. The molecule has 0 spiro atoms. The minimum Gasteiger partial charge on any atom is -0.495 e. The van der Waals surface area contributed by atoms with Gasteiger partial charge >= 0.3 is 5.97 Å². The van der Waals surface area contributed by atoms with Crippen LogP contribution in [0.25, 0.3) is 0 Å². The van der Waals surface area contributed by atoms with Gasteiger partial charge in [-0.1, -0.05) is 62.2 Å². The van der Waals surface area contributed by atoms with Crippen molar-refractivity contribution < 1.29 is 19.1 Å². The molecule has 2 aromatic rings. The third-order valence-corrected chi connectivity index (χ3v) is 4.64. The number of ether oxygens (including phenoxy) is 2. The summed E-state index contributed by atoms with van der Waals surface area (Å²) in [5, 5.41) is 3.12. The molecular weight excluding hydrogens is 366 g/mol. The lowest BCUT2D eigenvalue weighted by atomic mass is 9.86. The fraction of sp³-hybridized carbons (Fsp3) is 0.333. The van der Waals surface area contributed by atoms with Crippen LogP contribution in [0.2, 0.25) is 5.02 Å². The number of hydrogen-bond donors (Lipinski definition) is 1. The molecule has 1 N–H and O–H groups in total. The molecule has 0 bridgehead atoms. The van der Waals surface area contributed by atoms with E-state index < -0.39 is 17.8 Å². The van der Waals surface area contributed by atoms with Gasteiger partial charge in [0.25, 0.3) is 5.91 Å². The Kier molecular flexibility index (Phi) is 7.67. The van der Waals surface area contributed by atoms with Crippen molar-refractivity contribution in [1.82, 2.24) is 0 Å². The van der Waals surface area contributed by atoms with E-state index in [0.29, 0.717) is 16.5 Å². The van der Waals surface area contributed by atoms with Crippen molar-refractivity contribution in [1.29, 1.82) is 0 Å². The second kappa shape index (κ2) is 9.97. The summed E-state index contributed by atoms with van der Waals surface area (Å²) >= 11 is 5.95. The van der Waals surface area contributed by atoms with E-state index in [9.17, 15) is 9.59 Å². The summed E-state index contributed by atoms with van der Waals surface area (Å²) in [5.41, 5.74) is 1.31. The third kappa shape index (κ3) is 5.73. The Balaban J connectivity index is 2.02. The number of anilines is 1. The monoisotopic (exact) mass is 389 g/mol. The molecule has 2 aromatic carbocycles. The van der Waals surface area contributed by atoms with Gasteiger partial charge in [-0.15, -0.1) is 0 Å². The molecule has 0 aliphatic rings. The molecule has 0 heterocycles. The molecule has 144 valence electrons. The van der Waals surface area contributed by atoms with Crippen molar-refractivity contribution in [3.05, 3.63) is 59.1 Å². The van der Waals surface area contributed by atoms with Gasteiger partial charge in [0.1, 0.15) is 5.75 Å². The van der Waals surface area contributed by atoms with Crippen molar-refractivity contribution >= 4 is 29.2 Å². The van der Waals surface area contributed by atoms with Crippen molar-refractivity contribution in [2.45, 2.75) is 26.2 Å². The lowest BCUT2D eigenvalue weighted by Crippen LogP contribution is -2.27. The number of esters is 1. The molecule has 2 rings (SSSR count). The first kappa shape index (κ1) is 20.8. The Bertz CT molecular complexity index is 779. The van der Waals surface area contributed by atoms with Crippen molar-refractivity contribution in [2.24, 2.45) is 5.92 Å². The number of rotatable bonds is 8. The number of benzene rings is 2. The molecule has 0 unspecified atom stereocenters. The second-order valence-corrected chi connectivity index (χ2v) is 6.71. The second-order valence-electron chi connectivity index (χ2n) is 6.27. The SMILES string of the molecule is CC[C@H](C)[C@H](C(=O)OCC(=O)Nc1cc(Cl)ccc1OC)c1ccccc1. The number of halogens is 1. The van der Waals surface area contributed by atoms with Gasteiger partial charge < -0.3 is 14.8 Å². The lowest BCUT2D eigenvalue weighted by Gasteiger charge is -2.21. The Morgan fingerprint density at radius 2 is 1.85 bits per heavy atom. The first-order valence-corrected chi connectivity index (χ1v) is 9.19. The maximum Gasteiger partial charge on any atom is 0.314 e. The molecule has 1 amide bonds. The van der Waals surface area contributed by atoms with Gasteiger partial charge in [-0.05, 0) is 29.7 Å². The molecule has 0 fully saturated rings. The number of methoxy groups -OCH3 is 1. The molecule has 5 nitrogen and oxygen atoms in total. The molecular formula is C21H24ClNO4. The maximum atomic E-state index is 12.6. The van der Waals surface area contributed by atoms with Crippen molar-refractivity contribution in [2.75, 3.05) is 19.0 Å². The normalized spacial score (nSPS) is 12.7. The highest BCUT2D eigenvalue weighted by Crippen LogP contribution is 2.29. The highest BCUT2D eigenvalue weighted by atomic mass is 35.5. The summed E-state index contributed by atoms with van der Waals surface area (Å²) in [4.78, 5) is 24.8. The molecule has 0 radical (unpaired) electrons. The predicted molar refractivity (Wildman–Crippen MR) is 106 cm³/mol. The van der Waals surface area contributed by atoms with E-state index in [-0.39, 0.29) is 12.5 Å². The van der Waals surface area contributed by atoms with Crippen molar-refractivity contribution in [3.63, 3.8) is 0 Å². The van der Waals surface area contributed by atoms with E-state index in [0.717, 1.165) is 12.0 Å². The van der Waals surface area contributed by atoms with Gasteiger partial charge in [-0.3, -0.25) is 9.59 Å². The highest BCUT2D eigenvalue weighted by molar-refractivity contribution is 6.31. The van der Waals surface area contributed by atoms with Gasteiger partial charge in [0.05, 0.1) is 18.7 Å². The number of amides is 1. The predicted octanol–water partition coefficient (Wildman–Crippen LogP) is 4.66. The van der Waals surface area contributed by atoms with Crippen molar-refractivity contribution in [3.8, 4) is 5.75 Å². The highest BCUT2D eigenvalue weighted by Gasteiger charge is 2.27. The molecule has 0 saturated carbocycles. The van der Waals surface area contributed by atoms with Gasteiger partial charge in [-0.25, -0.2) is 0 Å². The summed E-state index contributed by atoms with van der Waals surface area (Å²) < 4.78 is 10.5. The van der Waals surface area contributed by atoms with Crippen LogP contribution in [0.15, 0.2) is 48.5 Å². The van der Waals surface area contributed by atoms with Crippen LogP contribution in [0.1, 0.15) is 31.7 Å². The molecule has 6 heteroatoms. The van der Waals surface area contributed by atoms with Crippen LogP contribution in [0.3, 0.4) is 0 Å². The van der Waals surface area contributed by atoms with Gasteiger partial charge in [0, 0.05) is 5.02 Å². The first-order valence-electron chi connectivity index (χ1n) is 8.81. The Morgan fingerprint density at radius 1 is 1.15 bits per heavy atom. The molecule has 0 saturated heterocycles. The van der Waals surface area contributed by atoms with Gasteiger partial charge in [0.15, 0.2) is 6.61 Å². The van der Waals surface area contributed by atoms with E-state index in [1.54, 1.807) is 18.2 Å². The fourth-order valence-electron chi connectivity index (χ4n) is 2.78. The van der Waals surface area contributed by atoms with Crippen LogP contribution in [0.5, 0.6) is 5.75 Å². The standard InChI is InChI=1S/C21H24ClNO4/c1-4-14(2)20(15-8-6-5-7-9-15)21(25)27-13-19(24)23-17-12-16(22)10-11-18(17)26-3/h5-12,14,20H,4,13H2,1-3H3,(H,23,24)/t14-,20-/m0/s1. The van der Waals surface area contributed by atoms with E-state index in [1.165, 1.54) is 7.11 Å². The minimum atomic E-state index is -0.458. The van der Waals surface area contributed by atoms with Gasteiger partial charge in [0.2, 0.25) is 0 Å². The van der Waals surface area contributed by atoms with Crippen LogP contribution < -0.4 is 10.1 Å². The summed E-state index contributed by atoms with van der Waals surface area (Å²) in [7, 11) is 1.50. The van der Waals surface area contributed by atoms with Crippen LogP contribution >= 0.6 is 11.6 Å². The van der Waals surface area contributed by atoms with E-state index in [1.807, 2.05) is 44.2 Å². The topological polar surface area (TPSA) is 64.6 Å². The quantitative estimate of drug-likeness (QED) is 0.667. The van der Waals surface area contributed by atoms with Gasteiger partial charge in [-0.2, -0.15) is 0 Å². The summed E-state index contributed by atoms with van der Waals surface area (Å²) in [5.74, 6) is -0.717. The molecule has 2 atom stereocenters. The van der Waals surface area contributed by atoms with E-state index in [2.05, 4.69) is 5.32 Å². The molecule has 0 aliphatic carbocycles. The summed E-state index contributed by atoms with van der Waals surface area (Å²) in [6.45, 7) is 3.64. The first-order chi connectivity index (χ1) is 13.0. The Labute approximate surface area is 164 Å². The molecule has 0 aromatic heterocycles. The average Bonchev–Trinajstić information content (AvgIpc) is 2.67. The number of hydrogen-bond acceptors (Lipinski definition) is 4. The van der Waals surface area contributed by atoms with E-state index in [4.69, 9.17) is 21.1 Å². The Hall–Kier alpha value is -2.53. The summed E-state index contributed by atoms with van der Waals surface area (Å²) in [6, 6.07) is 14.3. The zero-order chi connectivity index (χ0) is 19.8. The average molecular weight is 390 g/mol. The van der Waals surface area contributed by atoms with Crippen LogP contribution in [0.4, 0.5) is 5.69 Å². The minimum absolute atomic E-state index is 0.0935. The number of nitrogens with one attached hydrogen (secondary N) is 1. The molecule has 0 aliphatic heterocycles. The fourth-order valence-corrected chi connectivity index (χ4v) is 2.96. The van der Waals surface area contributed by atoms with Crippen LogP contribution in [0, 0.1) is 5.92 Å². The largest absolute Gasteiger partial charge is 0.495 e. The lowest BCUT2D eigenvalue weighted by molar-refractivity contribution is -0.150. The third-order valence-electron chi connectivity index (χ3n) is 4.41. The zero-order valence-corrected chi connectivity index (χ0v) is 16.5. The Morgan fingerprint density at radius 3 is 2.48 bits per heavy atom.